The molecule has 0 radical (unpaired) electrons. The quantitative estimate of drug-likeness (QED) is 0.637. The van der Waals surface area contributed by atoms with Crippen molar-refractivity contribution in [3.8, 4) is 6.07 Å². The van der Waals surface area contributed by atoms with Gasteiger partial charge in [0.1, 0.15) is 6.10 Å². The lowest BCUT2D eigenvalue weighted by atomic mass is 9.84. The van der Waals surface area contributed by atoms with Crippen molar-refractivity contribution in [2.24, 2.45) is 5.41 Å². The highest BCUT2D eigenvalue weighted by atomic mass is 16.5. The fourth-order valence-corrected chi connectivity index (χ4v) is 1.12. The van der Waals surface area contributed by atoms with Crippen molar-refractivity contribution < 1.29 is 9.47 Å². The molecule has 0 aromatic heterocycles. The zero-order valence-electron chi connectivity index (χ0n) is 7.67. The Morgan fingerprint density at radius 2 is 2.33 bits per heavy atom. The molecule has 1 unspecified atom stereocenters. The highest BCUT2D eigenvalue weighted by Gasteiger charge is 2.37. The summed E-state index contributed by atoms with van der Waals surface area (Å²) in [5.41, 5.74) is 0.200. The first-order valence-corrected chi connectivity index (χ1v) is 4.31. The first-order valence-electron chi connectivity index (χ1n) is 4.31. The van der Waals surface area contributed by atoms with Gasteiger partial charge in [0.15, 0.2) is 0 Å². The van der Waals surface area contributed by atoms with E-state index in [1.807, 2.05) is 6.07 Å². The molecule has 1 aliphatic rings. The fourth-order valence-electron chi connectivity index (χ4n) is 1.12. The van der Waals surface area contributed by atoms with Gasteiger partial charge in [0.05, 0.1) is 25.9 Å². The van der Waals surface area contributed by atoms with Crippen LogP contribution in [0.2, 0.25) is 0 Å². The summed E-state index contributed by atoms with van der Waals surface area (Å²) in [6.45, 7) is 6.10. The summed E-state index contributed by atoms with van der Waals surface area (Å²) in [5, 5.41) is 8.49. The molecule has 1 rings (SSSR count). The maximum atomic E-state index is 8.49. The van der Waals surface area contributed by atoms with E-state index in [2.05, 4.69) is 6.92 Å². The van der Waals surface area contributed by atoms with E-state index in [-0.39, 0.29) is 11.5 Å². The molecule has 1 fully saturated rings. The largest absolute Gasteiger partial charge is 0.380 e. The second-order valence-electron chi connectivity index (χ2n) is 3.43. The molecular formula is C9H15NO2. The van der Waals surface area contributed by atoms with Crippen molar-refractivity contribution in [1.82, 2.24) is 0 Å². The number of hydrogen-bond acceptors (Lipinski definition) is 3. The third-order valence-corrected chi connectivity index (χ3v) is 2.39. The van der Waals surface area contributed by atoms with Crippen LogP contribution in [0.3, 0.4) is 0 Å². The first kappa shape index (κ1) is 9.50. The summed E-state index contributed by atoms with van der Waals surface area (Å²) >= 11 is 0. The molecule has 1 atom stereocenters. The van der Waals surface area contributed by atoms with Gasteiger partial charge in [-0.2, -0.15) is 5.26 Å². The molecule has 1 saturated heterocycles. The predicted molar refractivity (Wildman–Crippen MR) is 44.6 cm³/mol. The number of hydrogen-bond donors (Lipinski definition) is 0. The second kappa shape index (κ2) is 3.88. The minimum atomic E-state index is -0.297. The lowest BCUT2D eigenvalue weighted by Gasteiger charge is -2.40. The van der Waals surface area contributed by atoms with Crippen molar-refractivity contribution in [2.45, 2.75) is 26.4 Å². The fraction of sp³-hybridized carbons (Fsp3) is 0.889. The van der Waals surface area contributed by atoms with Crippen molar-refractivity contribution in [3.05, 3.63) is 0 Å². The Kier molecular flexibility index (Phi) is 3.07. The highest BCUT2D eigenvalue weighted by molar-refractivity contribution is 4.86. The molecular weight excluding hydrogens is 154 g/mol. The first-order chi connectivity index (χ1) is 5.72. The van der Waals surface area contributed by atoms with Gasteiger partial charge in [0.25, 0.3) is 0 Å². The zero-order chi connectivity index (χ0) is 9.03. The molecule has 0 N–H and O–H groups in total. The Labute approximate surface area is 73.3 Å². The van der Waals surface area contributed by atoms with E-state index in [9.17, 15) is 0 Å². The molecule has 0 aromatic carbocycles. The van der Waals surface area contributed by atoms with Crippen LogP contribution in [0.1, 0.15) is 20.3 Å². The topological polar surface area (TPSA) is 42.2 Å². The minimum Gasteiger partial charge on any atom is -0.380 e. The summed E-state index contributed by atoms with van der Waals surface area (Å²) in [6.07, 6.45) is 0.763. The number of rotatable bonds is 4. The van der Waals surface area contributed by atoms with E-state index in [0.29, 0.717) is 6.61 Å². The van der Waals surface area contributed by atoms with E-state index in [0.717, 1.165) is 19.6 Å². The molecule has 0 amide bonds. The molecule has 0 spiro atoms. The Morgan fingerprint density at radius 1 is 1.67 bits per heavy atom. The molecule has 1 aliphatic heterocycles. The van der Waals surface area contributed by atoms with E-state index in [4.69, 9.17) is 14.7 Å². The van der Waals surface area contributed by atoms with Gasteiger partial charge in [-0.05, 0) is 13.3 Å². The molecule has 68 valence electrons. The van der Waals surface area contributed by atoms with Crippen LogP contribution in [0.4, 0.5) is 0 Å². The lowest BCUT2D eigenvalue weighted by Crippen LogP contribution is -2.46. The van der Waals surface area contributed by atoms with Gasteiger partial charge in [-0.3, -0.25) is 0 Å². The molecule has 0 bridgehead atoms. The molecule has 12 heavy (non-hydrogen) atoms. The molecule has 3 nitrogen and oxygen atoms in total. The van der Waals surface area contributed by atoms with Gasteiger partial charge in [0, 0.05) is 5.41 Å². The second-order valence-corrected chi connectivity index (χ2v) is 3.43. The molecule has 0 aromatic rings. The minimum absolute atomic E-state index is 0.200. The van der Waals surface area contributed by atoms with E-state index in [1.54, 1.807) is 6.92 Å². The Hall–Kier alpha value is -0.590. The van der Waals surface area contributed by atoms with Gasteiger partial charge >= 0.3 is 0 Å². The molecule has 3 heteroatoms. The third-order valence-electron chi connectivity index (χ3n) is 2.39. The predicted octanol–water partition coefficient (Wildman–Crippen LogP) is 1.34. The van der Waals surface area contributed by atoms with Crippen molar-refractivity contribution in [3.63, 3.8) is 0 Å². The standard InChI is InChI=1S/C9H15NO2/c1-3-9(5-11-6-9)7-12-8(2)4-10/h8H,3,5-7H2,1-2H3. The SMILES string of the molecule is CCC1(COC(C)C#N)COC1. The van der Waals surface area contributed by atoms with Crippen molar-refractivity contribution in [2.75, 3.05) is 19.8 Å². The van der Waals surface area contributed by atoms with Gasteiger partial charge in [-0.1, -0.05) is 6.92 Å². The van der Waals surface area contributed by atoms with Gasteiger partial charge in [-0.15, -0.1) is 0 Å². The Bertz CT molecular complexity index is 176. The maximum Gasteiger partial charge on any atom is 0.141 e. The van der Waals surface area contributed by atoms with Crippen molar-refractivity contribution in [1.29, 1.82) is 5.26 Å². The Balaban J connectivity index is 2.25. The summed E-state index contributed by atoms with van der Waals surface area (Å²) in [5.74, 6) is 0. The van der Waals surface area contributed by atoms with Gasteiger partial charge in [0.2, 0.25) is 0 Å². The average molecular weight is 169 g/mol. The van der Waals surface area contributed by atoms with E-state index >= 15 is 0 Å². The average Bonchev–Trinajstić information content (AvgIpc) is 2.03. The number of nitrogens with zero attached hydrogens (tertiary/aromatic N) is 1. The third kappa shape index (κ3) is 1.96. The van der Waals surface area contributed by atoms with Crippen LogP contribution in [0.5, 0.6) is 0 Å². The van der Waals surface area contributed by atoms with Crippen LogP contribution < -0.4 is 0 Å². The van der Waals surface area contributed by atoms with Crippen LogP contribution in [0, 0.1) is 16.7 Å². The summed E-state index contributed by atoms with van der Waals surface area (Å²) < 4.78 is 10.5. The summed E-state index contributed by atoms with van der Waals surface area (Å²) in [4.78, 5) is 0. The zero-order valence-corrected chi connectivity index (χ0v) is 7.67. The smallest absolute Gasteiger partial charge is 0.141 e. The maximum absolute atomic E-state index is 8.49. The van der Waals surface area contributed by atoms with Gasteiger partial charge in [-0.25, -0.2) is 0 Å². The van der Waals surface area contributed by atoms with Crippen LogP contribution in [0.15, 0.2) is 0 Å². The summed E-state index contributed by atoms with van der Waals surface area (Å²) in [7, 11) is 0. The molecule has 1 heterocycles. The van der Waals surface area contributed by atoms with Crippen LogP contribution in [0.25, 0.3) is 0 Å². The van der Waals surface area contributed by atoms with Gasteiger partial charge < -0.3 is 9.47 Å². The molecule has 0 saturated carbocycles. The van der Waals surface area contributed by atoms with Crippen LogP contribution in [-0.4, -0.2) is 25.9 Å². The number of nitriles is 1. The van der Waals surface area contributed by atoms with Crippen LogP contribution >= 0.6 is 0 Å². The molecule has 0 aliphatic carbocycles. The summed E-state index contributed by atoms with van der Waals surface area (Å²) in [6, 6.07) is 2.05. The van der Waals surface area contributed by atoms with Crippen LogP contribution in [-0.2, 0) is 9.47 Å². The monoisotopic (exact) mass is 169 g/mol. The van der Waals surface area contributed by atoms with E-state index < -0.39 is 0 Å². The Morgan fingerprint density at radius 3 is 2.67 bits per heavy atom. The van der Waals surface area contributed by atoms with Crippen molar-refractivity contribution >= 4 is 0 Å². The normalized spacial score (nSPS) is 22.4. The lowest BCUT2D eigenvalue weighted by molar-refractivity contribution is -0.154. The number of ether oxygens (including phenoxy) is 2. The highest BCUT2D eigenvalue weighted by Crippen LogP contribution is 2.31. The van der Waals surface area contributed by atoms with E-state index in [1.165, 1.54) is 0 Å².